The van der Waals surface area contributed by atoms with Crippen molar-refractivity contribution in [2.45, 2.75) is 26.2 Å². The molecule has 1 aliphatic heterocycles. The number of hydrogen-bond donors (Lipinski definition) is 1. The van der Waals surface area contributed by atoms with Gasteiger partial charge in [0, 0.05) is 18.5 Å². The molecule has 2 unspecified atom stereocenters. The van der Waals surface area contributed by atoms with E-state index in [1.54, 1.807) is 11.0 Å². The molecule has 1 N–H and O–H groups in total. The van der Waals surface area contributed by atoms with Crippen LogP contribution in [0.15, 0.2) is 24.3 Å². The molecule has 0 saturated carbocycles. The van der Waals surface area contributed by atoms with Crippen molar-refractivity contribution in [1.29, 1.82) is 0 Å². The van der Waals surface area contributed by atoms with Gasteiger partial charge in [0.15, 0.2) is 0 Å². The molecule has 0 spiro atoms. The number of rotatable bonds is 7. The Bertz CT molecular complexity index is 504. The van der Waals surface area contributed by atoms with Crippen molar-refractivity contribution in [2.24, 2.45) is 11.8 Å². The summed E-state index contributed by atoms with van der Waals surface area (Å²) in [6.07, 6.45) is 3.05. The number of amides is 1. The number of nitrogens with zero attached hydrogens (tertiary/aromatic N) is 1. The lowest BCUT2D eigenvalue weighted by Crippen LogP contribution is -2.37. The molecule has 1 amide bonds. The molecular weight excluding hydrogens is 312 g/mol. The lowest BCUT2D eigenvalue weighted by atomic mass is 9.85. The van der Waals surface area contributed by atoms with Crippen molar-refractivity contribution >= 4 is 17.5 Å². The predicted octanol–water partition coefficient (Wildman–Crippen LogP) is 3.20. The third kappa shape index (κ3) is 6.04. The van der Waals surface area contributed by atoms with Gasteiger partial charge in [-0.3, -0.25) is 4.79 Å². The molecule has 23 heavy (non-hydrogen) atoms. The van der Waals surface area contributed by atoms with Crippen molar-refractivity contribution in [3.8, 4) is 5.75 Å². The average Bonchev–Trinajstić information content (AvgIpc) is 2.55. The van der Waals surface area contributed by atoms with E-state index in [1.165, 1.54) is 12.8 Å². The average molecular weight is 339 g/mol. The van der Waals surface area contributed by atoms with Crippen molar-refractivity contribution < 1.29 is 9.53 Å². The number of likely N-dealkylation sites (N-methyl/N-ethyl adjacent to an activating group) is 1. The molecular formula is C18H27ClN2O2. The van der Waals surface area contributed by atoms with Crippen molar-refractivity contribution in [3.63, 3.8) is 0 Å². The first kappa shape index (κ1) is 18.1. The summed E-state index contributed by atoms with van der Waals surface area (Å²) >= 11 is 5.92. The van der Waals surface area contributed by atoms with E-state index < -0.39 is 0 Å². The molecule has 1 saturated heterocycles. The van der Waals surface area contributed by atoms with Crippen LogP contribution in [0.2, 0.25) is 5.02 Å². The van der Waals surface area contributed by atoms with Crippen LogP contribution in [-0.2, 0) is 4.79 Å². The lowest BCUT2D eigenvalue weighted by molar-refractivity contribution is -0.131. The SMILES string of the molecule is CC(CC(=O)N(C)CCOc1cccc(Cl)c1)C1CCCNC1. The fourth-order valence-electron chi connectivity index (χ4n) is 2.94. The summed E-state index contributed by atoms with van der Waals surface area (Å²) in [6, 6.07) is 7.31. The number of hydrogen-bond acceptors (Lipinski definition) is 3. The zero-order valence-corrected chi connectivity index (χ0v) is 14.8. The Kier molecular flexibility index (Phi) is 7.18. The molecule has 0 aliphatic carbocycles. The molecule has 2 atom stereocenters. The van der Waals surface area contributed by atoms with Crippen molar-refractivity contribution in [1.82, 2.24) is 10.2 Å². The van der Waals surface area contributed by atoms with Gasteiger partial charge in [0.05, 0.1) is 6.54 Å². The van der Waals surface area contributed by atoms with Crippen molar-refractivity contribution in [2.75, 3.05) is 33.3 Å². The summed E-state index contributed by atoms with van der Waals surface area (Å²) in [5, 5.41) is 4.07. The van der Waals surface area contributed by atoms with E-state index in [2.05, 4.69) is 12.2 Å². The highest BCUT2D eigenvalue weighted by molar-refractivity contribution is 6.30. The van der Waals surface area contributed by atoms with Gasteiger partial charge in [0.25, 0.3) is 0 Å². The molecule has 1 fully saturated rings. The summed E-state index contributed by atoms with van der Waals surface area (Å²) in [5.74, 6) is 1.97. The van der Waals surface area contributed by atoms with E-state index >= 15 is 0 Å². The topological polar surface area (TPSA) is 41.6 Å². The van der Waals surface area contributed by atoms with E-state index in [0.29, 0.717) is 36.4 Å². The van der Waals surface area contributed by atoms with Crippen LogP contribution in [0.3, 0.4) is 0 Å². The summed E-state index contributed by atoms with van der Waals surface area (Å²) < 4.78 is 5.64. The minimum absolute atomic E-state index is 0.192. The maximum Gasteiger partial charge on any atom is 0.222 e. The zero-order valence-electron chi connectivity index (χ0n) is 14.1. The molecule has 2 rings (SSSR count). The second kappa shape index (κ2) is 9.14. The van der Waals surface area contributed by atoms with Gasteiger partial charge >= 0.3 is 0 Å². The minimum Gasteiger partial charge on any atom is -0.492 e. The standard InChI is InChI=1S/C18H27ClN2O2/c1-14(15-5-4-8-20-13-15)11-18(22)21(2)9-10-23-17-7-3-6-16(19)12-17/h3,6-7,12,14-15,20H,4-5,8-11,13H2,1-2H3. The van der Waals surface area contributed by atoms with Crippen LogP contribution in [0, 0.1) is 11.8 Å². The Morgan fingerprint density at radius 1 is 1.52 bits per heavy atom. The van der Waals surface area contributed by atoms with E-state index in [-0.39, 0.29) is 5.91 Å². The van der Waals surface area contributed by atoms with Gasteiger partial charge in [0.1, 0.15) is 12.4 Å². The molecule has 1 aliphatic rings. The number of carbonyl (C=O) groups is 1. The summed E-state index contributed by atoms with van der Waals surface area (Å²) in [7, 11) is 1.84. The number of ether oxygens (including phenoxy) is 1. The molecule has 0 bridgehead atoms. The highest BCUT2D eigenvalue weighted by Gasteiger charge is 2.23. The molecule has 0 aromatic heterocycles. The molecule has 4 nitrogen and oxygen atoms in total. The largest absolute Gasteiger partial charge is 0.492 e. The predicted molar refractivity (Wildman–Crippen MR) is 94.0 cm³/mol. The normalized spacial score (nSPS) is 19.2. The lowest BCUT2D eigenvalue weighted by Gasteiger charge is -2.29. The van der Waals surface area contributed by atoms with Gasteiger partial charge < -0.3 is 15.0 Å². The van der Waals surface area contributed by atoms with Gasteiger partial charge in [-0.05, 0) is 56.0 Å². The monoisotopic (exact) mass is 338 g/mol. The number of carbonyl (C=O) groups excluding carboxylic acids is 1. The highest BCUT2D eigenvalue weighted by Crippen LogP contribution is 2.23. The zero-order chi connectivity index (χ0) is 16.7. The third-order valence-corrected chi connectivity index (χ3v) is 4.79. The van der Waals surface area contributed by atoms with E-state index in [0.717, 1.165) is 18.8 Å². The Balaban J connectivity index is 1.69. The second-order valence-electron chi connectivity index (χ2n) is 6.41. The van der Waals surface area contributed by atoms with Crippen LogP contribution in [-0.4, -0.2) is 44.1 Å². The van der Waals surface area contributed by atoms with Gasteiger partial charge in [-0.25, -0.2) is 0 Å². The third-order valence-electron chi connectivity index (χ3n) is 4.55. The second-order valence-corrected chi connectivity index (χ2v) is 6.85. The van der Waals surface area contributed by atoms with Gasteiger partial charge in [-0.15, -0.1) is 0 Å². The minimum atomic E-state index is 0.192. The first-order valence-corrected chi connectivity index (χ1v) is 8.77. The van der Waals surface area contributed by atoms with Crippen LogP contribution in [0.5, 0.6) is 5.75 Å². The van der Waals surface area contributed by atoms with E-state index in [9.17, 15) is 4.79 Å². The van der Waals surface area contributed by atoms with E-state index in [1.807, 2.05) is 25.2 Å². The molecule has 1 aromatic carbocycles. The van der Waals surface area contributed by atoms with Crippen LogP contribution in [0.25, 0.3) is 0 Å². The summed E-state index contributed by atoms with van der Waals surface area (Å²) in [4.78, 5) is 14.1. The number of benzene rings is 1. The maximum absolute atomic E-state index is 12.3. The summed E-state index contributed by atoms with van der Waals surface area (Å²) in [6.45, 7) is 5.39. The Morgan fingerprint density at radius 3 is 3.04 bits per heavy atom. The molecule has 1 aromatic rings. The molecule has 1 heterocycles. The molecule has 128 valence electrons. The Morgan fingerprint density at radius 2 is 2.35 bits per heavy atom. The highest BCUT2D eigenvalue weighted by atomic mass is 35.5. The smallest absolute Gasteiger partial charge is 0.222 e. The Labute approximate surface area is 144 Å². The van der Waals surface area contributed by atoms with Gasteiger partial charge in [-0.1, -0.05) is 24.6 Å². The van der Waals surface area contributed by atoms with Crippen LogP contribution in [0.1, 0.15) is 26.2 Å². The van der Waals surface area contributed by atoms with Gasteiger partial charge in [0.2, 0.25) is 5.91 Å². The van der Waals surface area contributed by atoms with Crippen LogP contribution < -0.4 is 10.1 Å². The number of halogens is 1. The molecule has 0 radical (unpaired) electrons. The van der Waals surface area contributed by atoms with Crippen LogP contribution in [0.4, 0.5) is 0 Å². The number of piperidine rings is 1. The molecule has 5 heteroatoms. The first-order chi connectivity index (χ1) is 11.1. The fourth-order valence-corrected chi connectivity index (χ4v) is 3.12. The summed E-state index contributed by atoms with van der Waals surface area (Å²) in [5.41, 5.74) is 0. The van der Waals surface area contributed by atoms with Gasteiger partial charge in [-0.2, -0.15) is 0 Å². The first-order valence-electron chi connectivity index (χ1n) is 8.39. The van der Waals surface area contributed by atoms with E-state index in [4.69, 9.17) is 16.3 Å². The maximum atomic E-state index is 12.3. The number of nitrogens with one attached hydrogen (secondary N) is 1. The Hall–Kier alpha value is -1.26. The van der Waals surface area contributed by atoms with Crippen molar-refractivity contribution in [3.05, 3.63) is 29.3 Å². The quantitative estimate of drug-likeness (QED) is 0.830. The van der Waals surface area contributed by atoms with Crippen LogP contribution >= 0.6 is 11.6 Å². The fraction of sp³-hybridized carbons (Fsp3) is 0.611.